The van der Waals surface area contributed by atoms with Crippen LogP contribution in [0.3, 0.4) is 0 Å². The first-order chi connectivity index (χ1) is 13.1. The van der Waals surface area contributed by atoms with Gasteiger partial charge in [-0.1, -0.05) is 41.4 Å². The van der Waals surface area contributed by atoms with Crippen molar-refractivity contribution in [1.82, 2.24) is 0 Å². The predicted molar refractivity (Wildman–Crippen MR) is 109 cm³/mol. The molecule has 1 unspecified atom stereocenters. The van der Waals surface area contributed by atoms with Gasteiger partial charge in [0.25, 0.3) is 15.9 Å². The number of ether oxygens (including phenoxy) is 1. The van der Waals surface area contributed by atoms with Crippen molar-refractivity contribution in [3.63, 3.8) is 0 Å². The summed E-state index contributed by atoms with van der Waals surface area (Å²) in [5.74, 6) is -0.712. The average molecular weight is 492 g/mol. The molecule has 3 rings (SSSR count). The fourth-order valence-electron chi connectivity index (χ4n) is 2.75. The number of hydrogen-bond donors (Lipinski definition) is 2. The SMILES string of the molecule is CC(C)CC1Oc2c(cc(Br)cc2S(=O)(=O)Nc2ccc(F)cc2Cl)NC1=O. The van der Waals surface area contributed by atoms with Gasteiger partial charge in [-0.05, 0) is 42.7 Å². The summed E-state index contributed by atoms with van der Waals surface area (Å²) in [4.78, 5) is 12.1. The van der Waals surface area contributed by atoms with Crippen LogP contribution in [0.5, 0.6) is 5.75 Å². The first-order valence-corrected chi connectivity index (χ1v) is 11.0. The van der Waals surface area contributed by atoms with Crippen LogP contribution < -0.4 is 14.8 Å². The number of halogens is 3. The van der Waals surface area contributed by atoms with Crippen LogP contribution in [0, 0.1) is 11.7 Å². The maximum Gasteiger partial charge on any atom is 0.265 e. The minimum Gasteiger partial charge on any atom is -0.477 e. The number of carbonyl (C=O) groups excluding carboxylic acids is 1. The highest BCUT2D eigenvalue weighted by atomic mass is 79.9. The molecule has 10 heteroatoms. The van der Waals surface area contributed by atoms with Gasteiger partial charge in [0.05, 0.1) is 16.4 Å². The average Bonchev–Trinajstić information content (AvgIpc) is 2.57. The van der Waals surface area contributed by atoms with Crippen LogP contribution >= 0.6 is 27.5 Å². The van der Waals surface area contributed by atoms with Crippen molar-refractivity contribution in [1.29, 1.82) is 0 Å². The van der Waals surface area contributed by atoms with Crippen LogP contribution in [0.15, 0.2) is 39.7 Å². The van der Waals surface area contributed by atoms with Crippen molar-refractivity contribution >= 4 is 54.8 Å². The molecule has 0 aromatic heterocycles. The van der Waals surface area contributed by atoms with Gasteiger partial charge in [-0.25, -0.2) is 12.8 Å². The number of amides is 1. The Morgan fingerprint density at radius 1 is 1.32 bits per heavy atom. The molecule has 6 nitrogen and oxygen atoms in total. The van der Waals surface area contributed by atoms with Gasteiger partial charge in [0.1, 0.15) is 10.7 Å². The van der Waals surface area contributed by atoms with Gasteiger partial charge < -0.3 is 10.1 Å². The number of sulfonamides is 1. The molecule has 2 aromatic rings. The van der Waals surface area contributed by atoms with Gasteiger partial charge in [0, 0.05) is 4.47 Å². The van der Waals surface area contributed by atoms with E-state index in [1.807, 2.05) is 13.8 Å². The quantitative estimate of drug-likeness (QED) is 0.630. The second-order valence-electron chi connectivity index (χ2n) is 6.74. The molecule has 2 aromatic carbocycles. The smallest absolute Gasteiger partial charge is 0.265 e. The lowest BCUT2D eigenvalue weighted by Gasteiger charge is -2.28. The zero-order chi connectivity index (χ0) is 20.6. The second kappa shape index (κ2) is 7.88. The van der Waals surface area contributed by atoms with Crippen molar-refractivity contribution < 1.29 is 22.3 Å². The van der Waals surface area contributed by atoms with Crippen molar-refractivity contribution in [3.05, 3.63) is 45.6 Å². The Morgan fingerprint density at radius 2 is 2.04 bits per heavy atom. The Bertz CT molecular complexity index is 1050. The van der Waals surface area contributed by atoms with E-state index < -0.39 is 21.9 Å². The summed E-state index contributed by atoms with van der Waals surface area (Å²) in [5.41, 5.74) is 0.264. The summed E-state index contributed by atoms with van der Waals surface area (Å²) in [7, 11) is -4.15. The second-order valence-corrected chi connectivity index (χ2v) is 9.71. The number of hydrogen-bond acceptors (Lipinski definition) is 4. The van der Waals surface area contributed by atoms with E-state index in [1.165, 1.54) is 12.1 Å². The molecule has 0 radical (unpaired) electrons. The van der Waals surface area contributed by atoms with Crippen LogP contribution in [0.25, 0.3) is 0 Å². The van der Waals surface area contributed by atoms with Gasteiger partial charge in [0.15, 0.2) is 11.9 Å². The van der Waals surface area contributed by atoms with Gasteiger partial charge in [-0.2, -0.15) is 0 Å². The van der Waals surface area contributed by atoms with Gasteiger partial charge in [0.2, 0.25) is 0 Å². The van der Waals surface area contributed by atoms with Crippen LogP contribution in [0.4, 0.5) is 15.8 Å². The molecule has 0 saturated heterocycles. The molecule has 1 heterocycles. The van der Waals surface area contributed by atoms with E-state index in [0.29, 0.717) is 10.9 Å². The van der Waals surface area contributed by atoms with Crippen LogP contribution in [-0.4, -0.2) is 20.4 Å². The summed E-state index contributed by atoms with van der Waals surface area (Å²) in [5, 5.41) is 2.61. The van der Waals surface area contributed by atoms with Crippen molar-refractivity contribution in [2.45, 2.75) is 31.3 Å². The van der Waals surface area contributed by atoms with Gasteiger partial charge in [-0.15, -0.1) is 0 Å². The summed E-state index contributed by atoms with van der Waals surface area (Å²) < 4.78 is 47.8. The molecule has 0 bridgehead atoms. The standard InChI is InChI=1S/C18H17BrClFN2O4S/c1-9(2)5-15-18(24)22-14-6-10(19)7-16(17(14)27-15)28(25,26)23-13-4-3-11(21)8-12(13)20/h3-4,6-9,15,23H,5H2,1-2H3,(H,22,24). The van der Waals surface area contributed by atoms with E-state index in [1.54, 1.807) is 6.07 Å². The fraction of sp³-hybridized carbons (Fsp3) is 0.278. The highest BCUT2D eigenvalue weighted by Gasteiger charge is 2.34. The third kappa shape index (κ3) is 4.42. The van der Waals surface area contributed by atoms with E-state index >= 15 is 0 Å². The Morgan fingerprint density at radius 3 is 2.68 bits per heavy atom. The molecule has 1 aliphatic rings. The number of benzene rings is 2. The third-order valence-corrected chi connectivity index (χ3v) is 6.12. The highest BCUT2D eigenvalue weighted by Crippen LogP contribution is 2.40. The minimum atomic E-state index is -4.15. The predicted octanol–water partition coefficient (Wildman–Crippen LogP) is 4.79. The molecular formula is C18H17BrClFN2O4S. The van der Waals surface area contributed by atoms with Crippen LogP contribution in [0.1, 0.15) is 20.3 Å². The number of rotatable bonds is 5. The van der Waals surface area contributed by atoms with E-state index in [2.05, 4.69) is 26.0 Å². The third-order valence-electron chi connectivity index (χ3n) is 3.98. The Hall–Kier alpha value is -1.84. The van der Waals surface area contributed by atoms with E-state index in [-0.39, 0.29) is 38.9 Å². The Balaban J connectivity index is 2.03. The van der Waals surface area contributed by atoms with Gasteiger partial charge >= 0.3 is 0 Å². The Labute approximate surface area is 175 Å². The number of fused-ring (bicyclic) bond motifs is 1. The summed E-state index contributed by atoms with van der Waals surface area (Å²) >= 11 is 9.18. The molecule has 2 N–H and O–H groups in total. The Kier molecular flexibility index (Phi) is 5.88. The molecular weight excluding hydrogens is 475 g/mol. The molecule has 1 amide bonds. The first kappa shape index (κ1) is 20.9. The van der Waals surface area contributed by atoms with E-state index in [9.17, 15) is 17.6 Å². The van der Waals surface area contributed by atoms with E-state index in [0.717, 1.165) is 12.1 Å². The number of nitrogens with one attached hydrogen (secondary N) is 2. The largest absolute Gasteiger partial charge is 0.477 e. The summed E-state index contributed by atoms with van der Waals surface area (Å²) in [6.45, 7) is 3.87. The normalized spacial score (nSPS) is 16.4. The molecule has 28 heavy (non-hydrogen) atoms. The minimum absolute atomic E-state index is 0.0235. The maximum atomic E-state index is 13.2. The van der Waals surface area contributed by atoms with Crippen molar-refractivity contribution in [2.24, 2.45) is 5.92 Å². The monoisotopic (exact) mass is 490 g/mol. The topological polar surface area (TPSA) is 84.5 Å². The van der Waals surface area contributed by atoms with Gasteiger partial charge in [-0.3, -0.25) is 9.52 Å². The van der Waals surface area contributed by atoms with E-state index in [4.69, 9.17) is 16.3 Å². The van der Waals surface area contributed by atoms with Crippen molar-refractivity contribution in [2.75, 3.05) is 10.0 Å². The maximum absolute atomic E-state index is 13.2. The van der Waals surface area contributed by atoms with Crippen LogP contribution in [-0.2, 0) is 14.8 Å². The molecule has 150 valence electrons. The highest BCUT2D eigenvalue weighted by molar-refractivity contribution is 9.10. The first-order valence-electron chi connectivity index (χ1n) is 8.36. The number of carbonyl (C=O) groups is 1. The molecule has 1 aliphatic heterocycles. The summed E-state index contributed by atoms with van der Waals surface area (Å²) in [6.07, 6.45) is -0.380. The molecule has 0 saturated carbocycles. The van der Waals surface area contributed by atoms with Crippen LogP contribution in [0.2, 0.25) is 5.02 Å². The molecule has 1 atom stereocenters. The zero-order valence-corrected chi connectivity index (χ0v) is 18.1. The lowest BCUT2D eigenvalue weighted by atomic mass is 10.0. The summed E-state index contributed by atoms with van der Waals surface area (Å²) in [6, 6.07) is 6.25. The fourth-order valence-corrected chi connectivity index (χ4v) is 4.89. The number of anilines is 2. The molecule has 0 aliphatic carbocycles. The molecule has 0 spiro atoms. The lowest BCUT2D eigenvalue weighted by Crippen LogP contribution is -2.38. The lowest BCUT2D eigenvalue weighted by molar-refractivity contribution is -0.124. The molecule has 0 fully saturated rings. The zero-order valence-electron chi connectivity index (χ0n) is 14.9. The van der Waals surface area contributed by atoms with Crippen molar-refractivity contribution in [3.8, 4) is 5.75 Å².